The first kappa shape index (κ1) is 28.2. The molecule has 0 saturated heterocycles. The van der Waals surface area contributed by atoms with Gasteiger partial charge < -0.3 is 29.6 Å². The predicted octanol–water partition coefficient (Wildman–Crippen LogP) is 2.60. The minimum absolute atomic E-state index is 0.294. The highest BCUT2D eigenvalue weighted by Gasteiger charge is 2.24. The Morgan fingerprint density at radius 3 is 2.21 bits per heavy atom. The Hall–Kier alpha value is -2.85. The number of alkyl carbamates (subject to hydrolysis) is 1. The molecule has 1 atom stereocenters. The fraction of sp³-hybridized carbons (Fsp3) is 0.636. The normalized spacial score (nSPS) is 11.8. The molecule has 0 aliphatic carbocycles. The quantitative estimate of drug-likeness (QED) is 0.166. The van der Waals surface area contributed by atoms with Gasteiger partial charge in [0.2, 0.25) is 5.91 Å². The minimum atomic E-state index is -0.774. The van der Waals surface area contributed by atoms with Gasteiger partial charge in [-0.1, -0.05) is 35.4 Å². The summed E-state index contributed by atoms with van der Waals surface area (Å²) in [7, 11) is 0. The third-order valence-corrected chi connectivity index (χ3v) is 3.98. The SMILES string of the molecule is CC(C)(C)OC(=O)NC(Cc1ccccc1)C(=O)NCCOCCOCCOCCN=[N+]=[N-]. The molecule has 184 valence electrons. The van der Waals surface area contributed by atoms with Crippen LogP contribution in [-0.4, -0.2) is 76.4 Å². The van der Waals surface area contributed by atoms with Crippen molar-refractivity contribution in [2.45, 2.75) is 38.8 Å². The number of carbonyl (C=O) groups excluding carboxylic acids is 2. The Labute approximate surface area is 194 Å². The Morgan fingerprint density at radius 1 is 1.00 bits per heavy atom. The lowest BCUT2D eigenvalue weighted by molar-refractivity contribution is -0.123. The zero-order valence-corrected chi connectivity index (χ0v) is 19.6. The highest BCUT2D eigenvalue weighted by atomic mass is 16.6. The average Bonchev–Trinajstić information content (AvgIpc) is 2.75. The third-order valence-electron chi connectivity index (χ3n) is 3.98. The number of ether oxygens (including phenoxy) is 4. The van der Waals surface area contributed by atoms with Gasteiger partial charge in [0.15, 0.2) is 0 Å². The van der Waals surface area contributed by atoms with E-state index in [1.807, 2.05) is 30.3 Å². The minimum Gasteiger partial charge on any atom is -0.444 e. The lowest BCUT2D eigenvalue weighted by atomic mass is 10.1. The van der Waals surface area contributed by atoms with Crippen molar-refractivity contribution in [2.75, 3.05) is 52.7 Å². The van der Waals surface area contributed by atoms with Crippen LogP contribution in [0.4, 0.5) is 4.79 Å². The van der Waals surface area contributed by atoms with Crippen molar-refractivity contribution < 1.29 is 28.5 Å². The molecule has 0 bridgehead atoms. The van der Waals surface area contributed by atoms with E-state index in [0.717, 1.165) is 5.56 Å². The van der Waals surface area contributed by atoms with E-state index in [9.17, 15) is 9.59 Å². The van der Waals surface area contributed by atoms with Gasteiger partial charge >= 0.3 is 6.09 Å². The van der Waals surface area contributed by atoms with E-state index in [2.05, 4.69) is 20.7 Å². The molecule has 0 aromatic heterocycles. The van der Waals surface area contributed by atoms with Gasteiger partial charge in [0, 0.05) is 24.4 Å². The van der Waals surface area contributed by atoms with Crippen molar-refractivity contribution in [2.24, 2.45) is 5.11 Å². The van der Waals surface area contributed by atoms with Gasteiger partial charge in [-0.2, -0.15) is 0 Å². The van der Waals surface area contributed by atoms with Crippen LogP contribution in [-0.2, 0) is 30.2 Å². The second-order valence-electron chi connectivity index (χ2n) is 7.97. The number of amides is 2. The van der Waals surface area contributed by atoms with Crippen LogP contribution < -0.4 is 10.6 Å². The number of rotatable bonds is 16. The maximum Gasteiger partial charge on any atom is 0.408 e. The molecule has 11 heteroatoms. The summed E-state index contributed by atoms with van der Waals surface area (Å²) in [4.78, 5) is 27.5. The van der Waals surface area contributed by atoms with Crippen LogP contribution in [0, 0.1) is 0 Å². The van der Waals surface area contributed by atoms with Gasteiger partial charge in [0.1, 0.15) is 11.6 Å². The zero-order chi connectivity index (χ0) is 24.4. The summed E-state index contributed by atoms with van der Waals surface area (Å²) < 4.78 is 21.3. The summed E-state index contributed by atoms with van der Waals surface area (Å²) in [5, 5.41) is 8.78. The van der Waals surface area contributed by atoms with Crippen LogP contribution in [0.5, 0.6) is 0 Å². The second kappa shape index (κ2) is 16.7. The van der Waals surface area contributed by atoms with Crippen molar-refractivity contribution >= 4 is 12.0 Å². The molecule has 2 N–H and O–H groups in total. The molecule has 1 aromatic carbocycles. The molecule has 0 heterocycles. The van der Waals surface area contributed by atoms with E-state index in [1.54, 1.807) is 20.8 Å². The lowest BCUT2D eigenvalue weighted by Gasteiger charge is -2.23. The summed E-state index contributed by atoms with van der Waals surface area (Å²) in [6.07, 6.45) is -0.306. The standard InChI is InChI=1S/C22H35N5O6/c1-22(2,3)33-21(29)26-19(17-18-7-5-4-6-8-18)20(28)24-9-11-30-13-15-32-16-14-31-12-10-25-27-23/h4-8,19H,9-17H2,1-3H3,(H,24,28)(H,26,29). The lowest BCUT2D eigenvalue weighted by Crippen LogP contribution is -2.49. The summed E-state index contributed by atoms with van der Waals surface area (Å²) in [5.74, 6) is -0.317. The van der Waals surface area contributed by atoms with Gasteiger partial charge in [-0.25, -0.2) is 4.79 Å². The molecule has 0 saturated carbocycles. The van der Waals surface area contributed by atoms with Crippen LogP contribution in [0.1, 0.15) is 26.3 Å². The van der Waals surface area contributed by atoms with E-state index in [0.29, 0.717) is 59.2 Å². The number of nitrogens with zero attached hydrogens (tertiary/aromatic N) is 3. The molecular formula is C22H35N5O6. The van der Waals surface area contributed by atoms with Crippen molar-refractivity contribution in [1.82, 2.24) is 10.6 Å². The topological polar surface area (TPSA) is 144 Å². The average molecular weight is 466 g/mol. The molecule has 2 amide bonds. The first-order valence-corrected chi connectivity index (χ1v) is 10.9. The molecule has 0 aliphatic heterocycles. The molecule has 11 nitrogen and oxygen atoms in total. The number of carbonyl (C=O) groups is 2. The number of hydrogen-bond donors (Lipinski definition) is 2. The Balaban J connectivity index is 2.27. The molecule has 1 aromatic rings. The van der Waals surface area contributed by atoms with Crippen LogP contribution in [0.25, 0.3) is 10.4 Å². The van der Waals surface area contributed by atoms with E-state index < -0.39 is 17.7 Å². The van der Waals surface area contributed by atoms with Crippen LogP contribution in [0.2, 0.25) is 0 Å². The summed E-state index contributed by atoms with van der Waals surface area (Å²) in [6, 6.07) is 8.66. The highest BCUT2D eigenvalue weighted by Crippen LogP contribution is 2.08. The van der Waals surface area contributed by atoms with E-state index in [4.69, 9.17) is 24.5 Å². The highest BCUT2D eigenvalue weighted by molar-refractivity contribution is 5.86. The van der Waals surface area contributed by atoms with Gasteiger partial charge in [-0.3, -0.25) is 4.79 Å². The predicted molar refractivity (Wildman–Crippen MR) is 123 cm³/mol. The van der Waals surface area contributed by atoms with Crippen molar-refractivity contribution in [3.8, 4) is 0 Å². The fourth-order valence-corrected chi connectivity index (χ4v) is 2.57. The van der Waals surface area contributed by atoms with E-state index >= 15 is 0 Å². The smallest absolute Gasteiger partial charge is 0.408 e. The molecule has 0 fully saturated rings. The number of azide groups is 1. The number of nitrogens with one attached hydrogen (secondary N) is 2. The molecule has 33 heavy (non-hydrogen) atoms. The third kappa shape index (κ3) is 15.6. The number of hydrogen-bond acceptors (Lipinski definition) is 7. The van der Waals surface area contributed by atoms with Crippen LogP contribution in [0.15, 0.2) is 35.4 Å². The molecule has 0 radical (unpaired) electrons. The van der Waals surface area contributed by atoms with Crippen LogP contribution in [0.3, 0.4) is 0 Å². The molecule has 0 spiro atoms. The second-order valence-corrected chi connectivity index (χ2v) is 7.97. The van der Waals surface area contributed by atoms with Crippen molar-refractivity contribution in [3.63, 3.8) is 0 Å². The van der Waals surface area contributed by atoms with Crippen molar-refractivity contribution in [1.29, 1.82) is 0 Å². The summed E-state index contributed by atoms with van der Waals surface area (Å²) in [5.41, 5.74) is 8.40. The summed E-state index contributed by atoms with van der Waals surface area (Å²) >= 11 is 0. The van der Waals surface area contributed by atoms with Gasteiger partial charge in [-0.15, -0.1) is 0 Å². The zero-order valence-electron chi connectivity index (χ0n) is 19.6. The van der Waals surface area contributed by atoms with E-state index in [1.165, 1.54) is 0 Å². The fourth-order valence-electron chi connectivity index (χ4n) is 2.57. The maximum absolute atomic E-state index is 12.6. The van der Waals surface area contributed by atoms with Gasteiger partial charge in [0.05, 0.1) is 39.6 Å². The Morgan fingerprint density at radius 2 is 1.61 bits per heavy atom. The van der Waals surface area contributed by atoms with Gasteiger partial charge in [-0.05, 0) is 31.9 Å². The molecule has 0 aliphatic rings. The largest absolute Gasteiger partial charge is 0.444 e. The van der Waals surface area contributed by atoms with Gasteiger partial charge in [0.25, 0.3) is 0 Å². The van der Waals surface area contributed by atoms with Crippen LogP contribution >= 0.6 is 0 Å². The molecule has 1 unspecified atom stereocenters. The van der Waals surface area contributed by atoms with Crippen molar-refractivity contribution in [3.05, 3.63) is 46.3 Å². The Kier molecular flexibility index (Phi) is 14.3. The maximum atomic E-state index is 12.6. The molecular weight excluding hydrogens is 430 g/mol. The first-order valence-electron chi connectivity index (χ1n) is 10.9. The Bertz CT molecular complexity index is 735. The number of benzene rings is 1. The first-order chi connectivity index (χ1) is 15.8. The summed E-state index contributed by atoms with van der Waals surface area (Å²) in [6.45, 7) is 8.13. The molecule has 1 rings (SSSR count). The van der Waals surface area contributed by atoms with E-state index in [-0.39, 0.29) is 5.91 Å². The monoisotopic (exact) mass is 465 g/mol.